The number of carbonyl (C=O) groups excluding carboxylic acids is 9. The summed E-state index contributed by atoms with van der Waals surface area (Å²) in [4.78, 5) is 125. The molecule has 2 fully saturated rings. The van der Waals surface area contributed by atoms with E-state index in [1.165, 1.54) is 48.5 Å². The van der Waals surface area contributed by atoms with Crippen LogP contribution in [-0.4, -0.2) is 144 Å². The zero-order chi connectivity index (χ0) is 69.8. The van der Waals surface area contributed by atoms with E-state index in [2.05, 4.69) is 26.6 Å². The number of rotatable bonds is 20. The molecule has 5 amide bonds. The maximum absolute atomic E-state index is 15.3. The molecule has 27 heteroatoms. The number of hydrogen-bond donors (Lipinski definition) is 6. The maximum atomic E-state index is 15.3. The monoisotopic (exact) mass is 1330 g/mol. The maximum Gasteiger partial charge on any atom is 0.347 e. The summed E-state index contributed by atoms with van der Waals surface area (Å²) in [6.45, 7) is 20.4. The van der Waals surface area contributed by atoms with Crippen molar-refractivity contribution in [2.45, 2.75) is 165 Å². The first-order chi connectivity index (χ1) is 42.8. The number of nitriles is 1. The van der Waals surface area contributed by atoms with Crippen molar-refractivity contribution in [2.75, 3.05) is 26.2 Å². The minimum atomic E-state index is -3.46. The number of likely N-dealkylation sites (N-methyl/N-ethyl adjacent to an activating group) is 2. The molecule has 2 heterocycles. The first-order valence-electron chi connectivity index (χ1n) is 29.3. The van der Waals surface area contributed by atoms with Crippen LogP contribution >= 0.6 is 12.4 Å². The van der Waals surface area contributed by atoms with E-state index in [-0.39, 0.29) is 60.3 Å². The number of ether oxygens (including phenoxy) is 4. The van der Waals surface area contributed by atoms with Gasteiger partial charge in [0, 0.05) is 70.0 Å². The van der Waals surface area contributed by atoms with Crippen molar-refractivity contribution in [3.63, 3.8) is 0 Å². The molecule has 4 aromatic carbocycles. The van der Waals surface area contributed by atoms with Crippen LogP contribution in [0.25, 0.3) is 0 Å². The average molecular weight is 1330 g/mol. The minimum absolute atomic E-state index is 0. The number of alkyl halides is 4. The van der Waals surface area contributed by atoms with Crippen LogP contribution in [0, 0.1) is 49.9 Å². The fourth-order valence-corrected chi connectivity index (χ4v) is 10.1. The molecule has 0 radical (unpaired) electrons. The Kier molecular flexibility index (Phi) is 30.3. The summed E-state index contributed by atoms with van der Waals surface area (Å²) < 4.78 is 78.2. The Morgan fingerprint density at radius 2 is 1.01 bits per heavy atom. The third-order valence-corrected chi connectivity index (χ3v) is 15.0. The number of carbonyl (C=O) groups is 10. The first-order valence-corrected chi connectivity index (χ1v) is 29.3. The van der Waals surface area contributed by atoms with Crippen molar-refractivity contribution >= 4 is 71.8 Å². The fourth-order valence-electron chi connectivity index (χ4n) is 10.1. The van der Waals surface area contributed by atoms with Gasteiger partial charge in [0.1, 0.15) is 17.5 Å². The third-order valence-electron chi connectivity index (χ3n) is 15.0. The van der Waals surface area contributed by atoms with Crippen LogP contribution < -0.4 is 36.1 Å². The average Bonchev–Trinajstić information content (AvgIpc) is 1.60. The van der Waals surface area contributed by atoms with E-state index >= 15 is 8.78 Å². The lowest BCUT2D eigenvalue weighted by Gasteiger charge is -2.35. The number of nitrogens with one attached hydrogen (secondary N) is 5. The minimum Gasteiger partial charge on any atom is -0.478 e. The van der Waals surface area contributed by atoms with Crippen LogP contribution in [0.4, 0.5) is 17.6 Å². The van der Waals surface area contributed by atoms with Gasteiger partial charge in [-0.05, 0) is 101 Å². The Morgan fingerprint density at radius 3 is 1.37 bits per heavy atom. The van der Waals surface area contributed by atoms with Crippen LogP contribution in [-0.2, 0) is 60.7 Å². The van der Waals surface area contributed by atoms with Crippen molar-refractivity contribution in [3.8, 4) is 17.6 Å². The van der Waals surface area contributed by atoms with Gasteiger partial charge >= 0.3 is 29.8 Å². The van der Waals surface area contributed by atoms with Gasteiger partial charge in [-0.15, -0.1) is 12.4 Å². The van der Waals surface area contributed by atoms with Crippen LogP contribution in [0.1, 0.15) is 130 Å². The largest absolute Gasteiger partial charge is 0.478 e. The van der Waals surface area contributed by atoms with E-state index < -0.39 is 126 Å². The molecule has 508 valence electrons. The van der Waals surface area contributed by atoms with E-state index in [0.717, 1.165) is 24.3 Å². The summed E-state index contributed by atoms with van der Waals surface area (Å²) >= 11 is 0. The lowest BCUT2D eigenvalue weighted by Crippen LogP contribution is -2.58. The van der Waals surface area contributed by atoms with E-state index in [1.807, 2.05) is 6.07 Å². The number of likely N-dealkylation sites (tertiary alicyclic amines) is 1. The number of esters is 4. The number of hydrogen-bond acceptors (Lipinski definition) is 16. The molecule has 93 heavy (non-hydrogen) atoms. The first kappa shape index (κ1) is 80.1. The number of carboxylic acids is 1. The van der Waals surface area contributed by atoms with Crippen molar-refractivity contribution in [1.82, 2.24) is 31.5 Å². The number of nitrogens with zero attached hydrogens (tertiary/aromatic N) is 2. The van der Waals surface area contributed by atoms with Crippen LogP contribution in [0.5, 0.6) is 11.5 Å². The second-order valence-corrected chi connectivity index (χ2v) is 23.0. The van der Waals surface area contributed by atoms with Gasteiger partial charge in [-0.1, -0.05) is 88.4 Å². The van der Waals surface area contributed by atoms with Crippen molar-refractivity contribution in [2.24, 2.45) is 10.8 Å². The van der Waals surface area contributed by atoms with Crippen LogP contribution in [0.2, 0.25) is 0 Å². The summed E-state index contributed by atoms with van der Waals surface area (Å²) in [5.74, 6) is -13.5. The fraction of sp³-hybridized carbons (Fsp3) is 0.470. The number of benzene rings is 4. The van der Waals surface area contributed by atoms with Gasteiger partial charge in [-0.25, -0.2) is 22.4 Å². The van der Waals surface area contributed by atoms with Crippen LogP contribution in [0.15, 0.2) is 84.9 Å². The highest BCUT2D eigenvalue weighted by atomic mass is 35.5. The predicted molar refractivity (Wildman–Crippen MR) is 337 cm³/mol. The second-order valence-electron chi connectivity index (χ2n) is 23.0. The molecular weight excluding hydrogens is 1240 g/mol. The summed E-state index contributed by atoms with van der Waals surface area (Å²) in [6.07, 6.45) is -3.26. The highest BCUT2D eigenvalue weighted by molar-refractivity contribution is 5.99. The molecule has 2 unspecified atom stereocenters. The number of amides is 5. The van der Waals surface area contributed by atoms with E-state index in [9.17, 15) is 61.8 Å². The molecule has 0 bridgehead atoms. The summed E-state index contributed by atoms with van der Waals surface area (Å²) in [6, 6.07) is 21.1. The van der Waals surface area contributed by atoms with Crippen molar-refractivity contribution in [3.05, 3.63) is 129 Å². The highest BCUT2D eigenvalue weighted by Crippen LogP contribution is 2.48. The van der Waals surface area contributed by atoms with Crippen molar-refractivity contribution < 1.29 is 89.6 Å². The second kappa shape index (κ2) is 35.2. The molecular formula is C66H84ClF4N7O15. The predicted octanol–water partition coefficient (Wildman–Crippen LogP) is 7.80. The van der Waals surface area contributed by atoms with Gasteiger partial charge in [-0.2, -0.15) is 5.26 Å². The third kappa shape index (κ3) is 21.8. The Labute approximate surface area is 545 Å². The van der Waals surface area contributed by atoms with E-state index in [4.69, 9.17) is 24.2 Å². The Balaban J connectivity index is 0.000000518. The summed E-state index contributed by atoms with van der Waals surface area (Å²) in [7, 11) is 0. The zero-order valence-electron chi connectivity index (χ0n) is 54.8. The van der Waals surface area contributed by atoms with Crippen LogP contribution in [0.3, 0.4) is 0 Å². The molecule has 2 aliphatic heterocycles. The van der Waals surface area contributed by atoms with Gasteiger partial charge in [0.2, 0.25) is 24.0 Å². The molecule has 22 nitrogen and oxygen atoms in total. The molecule has 0 saturated carbocycles. The molecule has 6 rings (SSSR count). The zero-order valence-corrected chi connectivity index (χ0v) is 55.6. The number of carboxylic acid groups (broad SMARTS) is 1. The molecule has 0 aromatic heterocycles. The van der Waals surface area contributed by atoms with Gasteiger partial charge in [0.15, 0.2) is 0 Å². The summed E-state index contributed by atoms with van der Waals surface area (Å²) in [5.41, 5.74) is 0.536. The van der Waals surface area contributed by atoms with E-state index in [0.29, 0.717) is 34.4 Å². The Hall–Kier alpha value is -8.96. The number of aliphatic carboxylic acids is 1. The quantitative estimate of drug-likeness (QED) is 0.0279. The molecule has 6 N–H and O–H groups in total. The SMILES string of the molecule is CC#N.CC(=O)Oc1cc(C)cc(C(=O)N[C@@H](Cc2ccccc2)[C@H](OC(C)=O)C(=O)O)c1C.CCNC(=O)C1N(C(=O)[C@@H](OC(C)=O)[C@H](Cc2ccccc2)NC(=O)c2cc(C)cc(OC(C)=O)c2C)CC(F)(F)C1(C)C.CCNC(=O)C1NCC(F)(F)C1(C)C.Cl. The molecule has 6 atom stereocenters. The van der Waals surface area contributed by atoms with Gasteiger partial charge in [0.25, 0.3) is 29.6 Å². The van der Waals surface area contributed by atoms with Gasteiger partial charge < -0.3 is 50.2 Å². The lowest BCUT2D eigenvalue weighted by molar-refractivity contribution is -0.164. The molecule has 2 aliphatic rings. The van der Waals surface area contributed by atoms with Gasteiger partial charge in [-0.3, -0.25) is 48.5 Å². The Bertz CT molecular complexity index is 3370. The topological polar surface area (TPSA) is 315 Å². The molecule has 0 spiro atoms. The standard InChI is InChI=1S/C32H39F2N3O7.C23H25NO7.C9H16F2N2O.C2H3N.ClH/c1-8-35-29(41)27-31(6,7)32(33,34)17-37(27)30(42)26(44-21(5)39)24(16-22-12-10-9-11-13-22)36-28(40)23-14-18(2)15-25(19(23)3)43-20(4)38;1-13-10-18(14(2)20(11-13)30-15(3)25)22(27)24-19(12-17-8-6-5-7-9-17)21(23(28)29)31-16(4)26;1-4-12-7(14)6-8(2,3)9(10,11)5-13-6;1-2-3;/h9-15,24,26-27H,8,16-17H2,1-7H3,(H,35,41)(H,36,40);5-11,19,21H,12H2,1-4H3,(H,24,27)(H,28,29);6,13H,4-5H2,1-3H3,(H,12,14);1H3;1H/t24-,26-,27?;19-,21-;;;/m00.../s1. The smallest absolute Gasteiger partial charge is 0.347 e. The molecule has 2 saturated heterocycles. The number of aryl methyl sites for hydroxylation is 2. The lowest BCUT2D eigenvalue weighted by atomic mass is 9.81. The Morgan fingerprint density at radius 1 is 0.624 bits per heavy atom. The summed E-state index contributed by atoms with van der Waals surface area (Å²) in [5, 5.41) is 30.0. The van der Waals surface area contributed by atoms with E-state index in [1.54, 1.807) is 126 Å². The number of halogens is 5. The normalized spacial score (nSPS) is 17.1. The highest BCUT2D eigenvalue weighted by Gasteiger charge is 2.65. The molecule has 0 aliphatic carbocycles. The van der Waals surface area contributed by atoms with Crippen molar-refractivity contribution in [1.29, 1.82) is 5.26 Å². The molecule has 4 aromatic rings. The van der Waals surface area contributed by atoms with Gasteiger partial charge in [0.05, 0.1) is 48.1 Å².